The molecular weight excluding hydrogens is 405 g/mol. The fraction of sp³-hybridized carbons (Fsp3) is 0.100. The number of aromatic amines is 3. The molecular formula is C10H12CuF3N6O3S. The van der Waals surface area contributed by atoms with Gasteiger partial charge in [-0.25, -0.2) is 23.4 Å². The average Bonchev–Trinajstić information content (AvgIpc) is 3.24. The van der Waals surface area contributed by atoms with Gasteiger partial charge in [-0.3, -0.25) is 0 Å². The standard InChI is InChI=1S/3C3H4N2.CHF3O3S.Cu/c3*1-2-5-3-4-1;2-1(3,4)8(5,6)7;/h3*1-3H,(H,4,5);(H,5,6,7);/q;;;;+1/p-1. The van der Waals surface area contributed by atoms with Gasteiger partial charge in [0.25, 0.3) is 0 Å². The van der Waals surface area contributed by atoms with Gasteiger partial charge in [-0.1, -0.05) is 0 Å². The molecule has 0 bridgehead atoms. The summed E-state index contributed by atoms with van der Waals surface area (Å²) in [5.74, 6) is 0. The summed E-state index contributed by atoms with van der Waals surface area (Å²) < 4.78 is 58.9. The van der Waals surface area contributed by atoms with Crippen molar-refractivity contribution in [3.63, 3.8) is 0 Å². The van der Waals surface area contributed by atoms with Crippen molar-refractivity contribution in [2.75, 3.05) is 0 Å². The van der Waals surface area contributed by atoms with Crippen LogP contribution in [0.4, 0.5) is 13.2 Å². The van der Waals surface area contributed by atoms with E-state index >= 15 is 0 Å². The van der Waals surface area contributed by atoms with Crippen LogP contribution in [0, 0.1) is 0 Å². The second-order valence-electron chi connectivity index (χ2n) is 3.18. The van der Waals surface area contributed by atoms with Crippen LogP contribution in [0.1, 0.15) is 0 Å². The Bertz CT molecular complexity index is 545. The number of H-pyrrole nitrogens is 3. The number of imidazole rings is 3. The van der Waals surface area contributed by atoms with Gasteiger partial charge in [0, 0.05) is 37.2 Å². The van der Waals surface area contributed by atoms with Gasteiger partial charge in [0.05, 0.1) is 19.0 Å². The molecule has 0 aromatic carbocycles. The number of hydrogen-bond acceptors (Lipinski definition) is 6. The molecule has 0 saturated carbocycles. The third-order valence-electron chi connectivity index (χ3n) is 1.50. The Balaban J connectivity index is 0. The topological polar surface area (TPSA) is 143 Å². The molecule has 0 saturated heterocycles. The smallest absolute Gasteiger partial charge is 0.741 e. The van der Waals surface area contributed by atoms with Crippen molar-refractivity contribution in [2.45, 2.75) is 5.51 Å². The van der Waals surface area contributed by atoms with Crippen LogP contribution in [0.5, 0.6) is 0 Å². The first-order valence-corrected chi connectivity index (χ1v) is 6.96. The van der Waals surface area contributed by atoms with E-state index in [-0.39, 0.29) is 17.1 Å². The van der Waals surface area contributed by atoms with Gasteiger partial charge < -0.3 is 19.5 Å². The van der Waals surface area contributed by atoms with Crippen molar-refractivity contribution in [1.29, 1.82) is 0 Å². The number of nitrogens with one attached hydrogen (secondary N) is 3. The van der Waals surface area contributed by atoms with E-state index in [9.17, 15) is 13.2 Å². The van der Waals surface area contributed by atoms with Crippen molar-refractivity contribution in [1.82, 2.24) is 29.9 Å². The Morgan fingerprint density at radius 1 is 0.792 bits per heavy atom. The zero-order valence-corrected chi connectivity index (χ0v) is 13.4. The SMILES string of the molecule is O=S(=O)([O-])C(F)(F)F.[Cu+].c1c[nH]cn1.c1c[nH]cn1.c1c[nH]cn1. The first-order chi connectivity index (χ1) is 10.8. The summed E-state index contributed by atoms with van der Waals surface area (Å²) in [6.45, 7) is 0. The van der Waals surface area contributed by atoms with E-state index in [4.69, 9.17) is 13.0 Å². The van der Waals surface area contributed by atoms with Gasteiger partial charge >= 0.3 is 22.6 Å². The van der Waals surface area contributed by atoms with E-state index in [1.165, 1.54) is 0 Å². The largest absolute Gasteiger partial charge is 1.00 e. The Morgan fingerprint density at radius 2 is 1.04 bits per heavy atom. The summed E-state index contributed by atoms with van der Waals surface area (Å²) >= 11 is 0. The average molecular weight is 417 g/mol. The van der Waals surface area contributed by atoms with Crippen LogP contribution in [0.15, 0.2) is 56.2 Å². The Morgan fingerprint density at radius 3 is 1.08 bits per heavy atom. The molecule has 0 aliphatic rings. The van der Waals surface area contributed by atoms with Crippen LogP contribution in [0.2, 0.25) is 0 Å². The minimum Gasteiger partial charge on any atom is -0.741 e. The van der Waals surface area contributed by atoms with Crippen molar-refractivity contribution in [3.05, 3.63) is 56.2 Å². The van der Waals surface area contributed by atoms with Crippen LogP contribution < -0.4 is 0 Å². The molecule has 138 valence electrons. The van der Waals surface area contributed by atoms with Gasteiger partial charge in [-0.15, -0.1) is 0 Å². The van der Waals surface area contributed by atoms with Crippen molar-refractivity contribution < 1.29 is 43.2 Å². The third-order valence-corrected chi connectivity index (χ3v) is 2.07. The summed E-state index contributed by atoms with van der Waals surface area (Å²) in [5.41, 5.74) is -5.65. The molecule has 3 aromatic rings. The summed E-state index contributed by atoms with van der Waals surface area (Å²) in [6, 6.07) is 0. The molecule has 3 heterocycles. The fourth-order valence-electron chi connectivity index (χ4n) is 0.645. The summed E-state index contributed by atoms with van der Waals surface area (Å²) in [4.78, 5) is 19.2. The predicted molar refractivity (Wildman–Crippen MR) is 71.5 cm³/mol. The second kappa shape index (κ2) is 13.3. The van der Waals surface area contributed by atoms with Crippen LogP contribution in [-0.2, 0) is 27.2 Å². The molecule has 0 fully saturated rings. The van der Waals surface area contributed by atoms with E-state index in [1.807, 2.05) is 0 Å². The molecule has 0 radical (unpaired) electrons. The zero-order chi connectivity index (χ0) is 17.6. The molecule has 0 aliphatic carbocycles. The van der Waals surface area contributed by atoms with Crippen molar-refractivity contribution in [2.24, 2.45) is 0 Å². The molecule has 24 heavy (non-hydrogen) atoms. The number of rotatable bonds is 0. The van der Waals surface area contributed by atoms with E-state index < -0.39 is 15.6 Å². The Kier molecular flexibility index (Phi) is 13.4. The summed E-state index contributed by atoms with van der Waals surface area (Å²) in [5, 5.41) is 0. The van der Waals surface area contributed by atoms with Crippen molar-refractivity contribution >= 4 is 10.1 Å². The first-order valence-electron chi connectivity index (χ1n) is 5.55. The molecule has 3 rings (SSSR count). The summed E-state index contributed by atoms with van der Waals surface area (Å²) in [6.07, 6.45) is 15.2. The maximum Gasteiger partial charge on any atom is 1.00 e. The van der Waals surface area contributed by atoms with Gasteiger partial charge in [0.1, 0.15) is 0 Å². The van der Waals surface area contributed by atoms with Crippen LogP contribution in [0.3, 0.4) is 0 Å². The van der Waals surface area contributed by atoms with Gasteiger partial charge in [-0.2, -0.15) is 13.2 Å². The molecule has 14 heteroatoms. The molecule has 0 atom stereocenters. The fourth-order valence-corrected chi connectivity index (χ4v) is 0.645. The third kappa shape index (κ3) is 14.8. The van der Waals surface area contributed by atoms with Gasteiger partial charge in [-0.05, 0) is 0 Å². The monoisotopic (exact) mass is 416 g/mol. The van der Waals surface area contributed by atoms with E-state index in [2.05, 4.69) is 29.9 Å². The number of nitrogens with zero attached hydrogens (tertiary/aromatic N) is 3. The molecule has 3 aromatic heterocycles. The minimum atomic E-state index is -6.09. The minimum absolute atomic E-state index is 0. The maximum absolute atomic E-state index is 10.7. The van der Waals surface area contributed by atoms with E-state index in [1.54, 1.807) is 56.2 Å². The summed E-state index contributed by atoms with van der Waals surface area (Å²) in [7, 11) is -6.09. The van der Waals surface area contributed by atoms with Crippen LogP contribution in [0.25, 0.3) is 0 Å². The first kappa shape index (κ1) is 24.1. The zero-order valence-electron chi connectivity index (χ0n) is 11.6. The van der Waals surface area contributed by atoms with E-state index in [0.29, 0.717) is 0 Å². The predicted octanol–water partition coefficient (Wildman–Crippen LogP) is 1.28. The Hall–Kier alpha value is -2.15. The molecule has 0 spiro atoms. The molecule has 0 amide bonds. The van der Waals surface area contributed by atoms with Crippen LogP contribution in [-0.4, -0.2) is 48.4 Å². The molecule has 0 unspecified atom stereocenters. The number of halogens is 3. The second-order valence-corrected chi connectivity index (χ2v) is 4.55. The molecule has 9 nitrogen and oxygen atoms in total. The number of alkyl halides is 3. The Labute approximate surface area is 145 Å². The van der Waals surface area contributed by atoms with E-state index in [0.717, 1.165) is 0 Å². The molecule has 0 aliphatic heterocycles. The van der Waals surface area contributed by atoms with Crippen molar-refractivity contribution in [3.8, 4) is 0 Å². The molecule has 3 N–H and O–H groups in total. The number of hydrogen-bond donors (Lipinski definition) is 3. The van der Waals surface area contributed by atoms with Gasteiger partial charge in [0.2, 0.25) is 0 Å². The maximum atomic E-state index is 10.7. The number of aromatic nitrogens is 6. The van der Waals surface area contributed by atoms with Crippen LogP contribution >= 0.6 is 0 Å². The quantitative estimate of drug-likeness (QED) is 0.286. The van der Waals surface area contributed by atoms with Gasteiger partial charge in [0.15, 0.2) is 10.1 Å². The normalized spacial score (nSPS) is 9.67.